The summed E-state index contributed by atoms with van der Waals surface area (Å²) in [5, 5.41) is 0. The number of rotatable bonds is 5. The van der Waals surface area contributed by atoms with E-state index >= 15 is 0 Å². The molecular formula is C28H36. The highest BCUT2D eigenvalue weighted by Gasteiger charge is 2.21. The fourth-order valence-electron chi connectivity index (χ4n) is 5.53. The van der Waals surface area contributed by atoms with Crippen molar-refractivity contribution in [3.8, 4) is 11.1 Å². The van der Waals surface area contributed by atoms with Gasteiger partial charge in [0.2, 0.25) is 0 Å². The van der Waals surface area contributed by atoms with Crippen LogP contribution in [0.2, 0.25) is 0 Å². The first-order chi connectivity index (χ1) is 13.8. The van der Waals surface area contributed by atoms with E-state index in [1.807, 2.05) is 0 Å². The van der Waals surface area contributed by atoms with Crippen LogP contribution in [0.25, 0.3) is 11.1 Å². The van der Waals surface area contributed by atoms with Gasteiger partial charge in [0.25, 0.3) is 0 Å². The van der Waals surface area contributed by atoms with Gasteiger partial charge in [-0.1, -0.05) is 74.4 Å². The third-order valence-corrected chi connectivity index (χ3v) is 7.19. The standard InChI is InChI=1S/C28H36/c1-3-5-21-7-10-23(11-8-21)24-13-15-25(16-14-24)27-18-17-26-19-22(6-4-2)9-12-28(26)20-27/h3,5,13-18,20-23H,4,6-12,19H2,1-2H3/b5-3+. The molecule has 1 saturated carbocycles. The Morgan fingerprint density at radius 3 is 2.32 bits per heavy atom. The maximum Gasteiger partial charge on any atom is -0.0162 e. The van der Waals surface area contributed by atoms with Gasteiger partial charge in [-0.05, 0) is 97.4 Å². The Bertz CT molecular complexity index is 787. The van der Waals surface area contributed by atoms with Gasteiger partial charge in [-0.15, -0.1) is 0 Å². The monoisotopic (exact) mass is 372 g/mol. The average Bonchev–Trinajstić information content (AvgIpc) is 2.75. The van der Waals surface area contributed by atoms with Crippen LogP contribution in [-0.4, -0.2) is 0 Å². The largest absolute Gasteiger partial charge is 0.0914 e. The highest BCUT2D eigenvalue weighted by Crippen LogP contribution is 2.37. The molecule has 0 aromatic heterocycles. The lowest BCUT2D eigenvalue weighted by Crippen LogP contribution is -2.14. The number of aryl methyl sites for hydroxylation is 1. The molecule has 0 heterocycles. The highest BCUT2D eigenvalue weighted by molar-refractivity contribution is 5.65. The van der Waals surface area contributed by atoms with E-state index in [2.05, 4.69) is 68.5 Å². The van der Waals surface area contributed by atoms with E-state index in [1.54, 1.807) is 16.7 Å². The molecule has 1 fully saturated rings. The van der Waals surface area contributed by atoms with E-state index in [0.717, 1.165) is 17.8 Å². The van der Waals surface area contributed by atoms with Crippen molar-refractivity contribution in [1.82, 2.24) is 0 Å². The van der Waals surface area contributed by atoms with Crippen LogP contribution in [0.15, 0.2) is 54.6 Å². The second kappa shape index (κ2) is 9.12. The highest BCUT2D eigenvalue weighted by atomic mass is 14.3. The van der Waals surface area contributed by atoms with Crippen molar-refractivity contribution in [2.45, 2.75) is 77.6 Å². The van der Waals surface area contributed by atoms with Gasteiger partial charge in [-0.2, -0.15) is 0 Å². The van der Waals surface area contributed by atoms with Gasteiger partial charge in [0, 0.05) is 0 Å². The van der Waals surface area contributed by atoms with E-state index < -0.39 is 0 Å². The van der Waals surface area contributed by atoms with E-state index in [1.165, 1.54) is 68.9 Å². The Hall–Kier alpha value is -1.82. The summed E-state index contributed by atoms with van der Waals surface area (Å²) in [6.45, 7) is 4.46. The van der Waals surface area contributed by atoms with Crippen molar-refractivity contribution in [3.05, 3.63) is 71.3 Å². The van der Waals surface area contributed by atoms with Crippen LogP contribution in [0.3, 0.4) is 0 Å². The number of hydrogen-bond donors (Lipinski definition) is 0. The third kappa shape index (κ3) is 4.43. The van der Waals surface area contributed by atoms with Crippen molar-refractivity contribution in [1.29, 1.82) is 0 Å². The van der Waals surface area contributed by atoms with Crippen LogP contribution >= 0.6 is 0 Å². The van der Waals surface area contributed by atoms with Crippen LogP contribution in [0.5, 0.6) is 0 Å². The summed E-state index contributed by atoms with van der Waals surface area (Å²) in [5.74, 6) is 2.48. The Morgan fingerprint density at radius 2 is 1.61 bits per heavy atom. The van der Waals surface area contributed by atoms with E-state index in [0.29, 0.717) is 0 Å². The zero-order valence-electron chi connectivity index (χ0n) is 17.8. The summed E-state index contributed by atoms with van der Waals surface area (Å²) in [5.41, 5.74) is 7.52. The molecule has 0 bridgehead atoms. The minimum Gasteiger partial charge on any atom is -0.0914 e. The van der Waals surface area contributed by atoms with Gasteiger partial charge < -0.3 is 0 Å². The maximum absolute atomic E-state index is 2.47. The summed E-state index contributed by atoms with van der Waals surface area (Å²) in [7, 11) is 0. The van der Waals surface area contributed by atoms with Crippen molar-refractivity contribution >= 4 is 0 Å². The summed E-state index contributed by atoms with van der Waals surface area (Å²) >= 11 is 0. The predicted molar refractivity (Wildman–Crippen MR) is 122 cm³/mol. The Kier molecular flexibility index (Phi) is 6.35. The lowest BCUT2D eigenvalue weighted by atomic mass is 9.78. The Balaban J connectivity index is 1.43. The van der Waals surface area contributed by atoms with E-state index in [-0.39, 0.29) is 0 Å². The predicted octanol–water partition coefficient (Wildman–Crippen LogP) is 8.11. The van der Waals surface area contributed by atoms with Crippen LogP contribution in [0.4, 0.5) is 0 Å². The number of fused-ring (bicyclic) bond motifs is 1. The van der Waals surface area contributed by atoms with Gasteiger partial charge in [0.05, 0.1) is 0 Å². The van der Waals surface area contributed by atoms with Crippen LogP contribution < -0.4 is 0 Å². The van der Waals surface area contributed by atoms with Crippen LogP contribution in [0, 0.1) is 11.8 Å². The minimum absolute atomic E-state index is 0.759. The SMILES string of the molecule is C/C=C/C1CCC(c2ccc(-c3ccc4c(c3)CCC(CCC)C4)cc2)CC1. The van der Waals surface area contributed by atoms with Gasteiger partial charge in [0.15, 0.2) is 0 Å². The summed E-state index contributed by atoms with van der Waals surface area (Å²) < 4.78 is 0. The molecule has 0 nitrogen and oxygen atoms in total. The summed E-state index contributed by atoms with van der Waals surface area (Å²) in [6, 6.07) is 16.7. The molecular weight excluding hydrogens is 336 g/mol. The molecule has 2 aliphatic carbocycles. The second-order valence-corrected chi connectivity index (χ2v) is 9.14. The molecule has 148 valence electrons. The Labute approximate surface area is 172 Å². The molecule has 0 aliphatic heterocycles. The number of allylic oxidation sites excluding steroid dienone is 2. The molecule has 1 unspecified atom stereocenters. The molecule has 28 heavy (non-hydrogen) atoms. The smallest absolute Gasteiger partial charge is 0.0162 e. The molecule has 0 spiro atoms. The molecule has 1 atom stereocenters. The average molecular weight is 373 g/mol. The fraction of sp³-hybridized carbons (Fsp3) is 0.500. The molecule has 2 aromatic carbocycles. The molecule has 0 amide bonds. The second-order valence-electron chi connectivity index (χ2n) is 9.14. The van der Waals surface area contributed by atoms with Crippen LogP contribution in [0.1, 0.15) is 81.4 Å². The summed E-state index contributed by atoms with van der Waals surface area (Å²) in [4.78, 5) is 0. The lowest BCUT2D eigenvalue weighted by molar-refractivity contribution is 0.376. The molecule has 2 aromatic rings. The normalized spacial score (nSPS) is 25.0. The fourth-order valence-corrected chi connectivity index (χ4v) is 5.53. The van der Waals surface area contributed by atoms with E-state index in [9.17, 15) is 0 Å². The minimum atomic E-state index is 0.759. The maximum atomic E-state index is 2.47. The molecule has 4 rings (SSSR count). The number of hydrogen-bond acceptors (Lipinski definition) is 0. The van der Waals surface area contributed by atoms with Gasteiger partial charge in [0.1, 0.15) is 0 Å². The van der Waals surface area contributed by atoms with Gasteiger partial charge in [-0.3, -0.25) is 0 Å². The quantitative estimate of drug-likeness (QED) is 0.465. The molecule has 0 saturated heterocycles. The first-order valence-corrected chi connectivity index (χ1v) is 11.6. The molecule has 0 N–H and O–H groups in total. The zero-order valence-corrected chi connectivity index (χ0v) is 17.8. The van der Waals surface area contributed by atoms with E-state index in [4.69, 9.17) is 0 Å². The molecule has 0 heteroatoms. The first kappa shape index (κ1) is 19.5. The van der Waals surface area contributed by atoms with Crippen molar-refractivity contribution in [3.63, 3.8) is 0 Å². The van der Waals surface area contributed by atoms with Crippen molar-refractivity contribution < 1.29 is 0 Å². The zero-order chi connectivity index (χ0) is 19.3. The number of benzene rings is 2. The topological polar surface area (TPSA) is 0 Å². The lowest BCUT2D eigenvalue weighted by Gasteiger charge is -2.27. The van der Waals surface area contributed by atoms with Gasteiger partial charge in [-0.25, -0.2) is 0 Å². The first-order valence-electron chi connectivity index (χ1n) is 11.6. The van der Waals surface area contributed by atoms with Crippen LogP contribution in [-0.2, 0) is 12.8 Å². The molecule has 2 aliphatic rings. The Morgan fingerprint density at radius 1 is 0.857 bits per heavy atom. The third-order valence-electron chi connectivity index (χ3n) is 7.19. The summed E-state index contributed by atoms with van der Waals surface area (Å²) in [6.07, 6.45) is 16.6. The van der Waals surface area contributed by atoms with Crippen molar-refractivity contribution in [2.75, 3.05) is 0 Å². The van der Waals surface area contributed by atoms with Crippen molar-refractivity contribution in [2.24, 2.45) is 11.8 Å². The van der Waals surface area contributed by atoms with Gasteiger partial charge >= 0.3 is 0 Å². The molecule has 0 radical (unpaired) electrons.